The van der Waals surface area contributed by atoms with Crippen LogP contribution in [0.2, 0.25) is 0 Å². The molecule has 3 rings (SSSR count). The summed E-state index contributed by atoms with van der Waals surface area (Å²) in [7, 11) is -3.65. The Hall–Kier alpha value is -3.61. The molecule has 1 amide bonds. The van der Waals surface area contributed by atoms with Gasteiger partial charge < -0.3 is 10.1 Å². The first-order valence-electron chi connectivity index (χ1n) is 9.38. The minimum Gasteiger partial charge on any atom is -0.434 e. The number of carbonyl (C=O) groups excluding carboxylic acids is 1. The van der Waals surface area contributed by atoms with E-state index in [0.29, 0.717) is 0 Å². The fraction of sp³-hybridized carbons (Fsp3) is 0.190. The van der Waals surface area contributed by atoms with Gasteiger partial charge in [-0.25, -0.2) is 12.8 Å². The molecule has 0 fully saturated rings. The van der Waals surface area contributed by atoms with E-state index in [1.54, 1.807) is 0 Å². The predicted molar refractivity (Wildman–Crippen MR) is 110 cm³/mol. The van der Waals surface area contributed by atoms with Crippen molar-refractivity contribution in [2.24, 2.45) is 0 Å². The molecule has 1 heterocycles. The maximum Gasteiger partial charge on any atom is 0.435 e. The summed E-state index contributed by atoms with van der Waals surface area (Å²) in [5.74, 6) is -5.41. The smallest absolute Gasteiger partial charge is 0.434 e. The number of aromatic nitrogens is 2. The average Bonchev–Trinajstić information content (AvgIpc) is 2.73. The summed E-state index contributed by atoms with van der Waals surface area (Å²) in [6.45, 7) is 2.21. The Morgan fingerprint density at radius 2 is 1.71 bits per heavy atom. The predicted octanol–water partition coefficient (Wildman–Crippen LogP) is 4.84. The van der Waals surface area contributed by atoms with E-state index >= 15 is 0 Å². The van der Waals surface area contributed by atoms with Gasteiger partial charge in [-0.05, 0) is 49.2 Å². The van der Waals surface area contributed by atoms with Crippen LogP contribution in [0, 0.1) is 25.5 Å². The Labute approximate surface area is 190 Å². The van der Waals surface area contributed by atoms with Crippen LogP contribution in [0.1, 0.15) is 27.2 Å². The van der Waals surface area contributed by atoms with E-state index in [2.05, 4.69) is 15.5 Å². The second-order valence-corrected chi connectivity index (χ2v) is 9.23. The zero-order chi connectivity index (χ0) is 25.4. The van der Waals surface area contributed by atoms with Crippen LogP contribution in [0.3, 0.4) is 0 Å². The second kappa shape index (κ2) is 8.97. The zero-order valence-electron chi connectivity index (χ0n) is 17.8. The molecule has 7 nitrogen and oxygen atoms in total. The lowest BCUT2D eigenvalue weighted by atomic mass is 10.1. The Morgan fingerprint density at radius 3 is 2.32 bits per heavy atom. The molecule has 0 bridgehead atoms. The van der Waals surface area contributed by atoms with E-state index in [-0.39, 0.29) is 16.1 Å². The fourth-order valence-corrected chi connectivity index (χ4v) is 3.58. The quantitative estimate of drug-likeness (QED) is 0.503. The van der Waals surface area contributed by atoms with Crippen molar-refractivity contribution >= 4 is 21.4 Å². The van der Waals surface area contributed by atoms with Crippen LogP contribution < -0.4 is 10.1 Å². The van der Waals surface area contributed by atoms with E-state index in [1.165, 1.54) is 25.1 Å². The molecule has 0 aliphatic carbocycles. The Bertz CT molecular complexity index is 1390. The summed E-state index contributed by atoms with van der Waals surface area (Å²) in [6.07, 6.45) is -4.05. The second-order valence-electron chi connectivity index (χ2n) is 7.22. The molecule has 0 unspecified atom stereocenters. The summed E-state index contributed by atoms with van der Waals surface area (Å²) < 4.78 is 96.9. The van der Waals surface area contributed by atoms with Crippen molar-refractivity contribution < 1.29 is 39.9 Å². The molecular weight excluding hydrogens is 485 g/mol. The van der Waals surface area contributed by atoms with Crippen molar-refractivity contribution in [2.45, 2.75) is 24.9 Å². The normalized spacial score (nSPS) is 11.9. The van der Waals surface area contributed by atoms with Crippen molar-refractivity contribution in [2.75, 3.05) is 11.6 Å². The van der Waals surface area contributed by atoms with Gasteiger partial charge in [-0.2, -0.15) is 17.6 Å². The van der Waals surface area contributed by atoms with Gasteiger partial charge in [-0.3, -0.25) is 4.79 Å². The molecule has 0 saturated heterocycles. The van der Waals surface area contributed by atoms with E-state index in [4.69, 9.17) is 4.74 Å². The average molecular weight is 501 g/mol. The largest absolute Gasteiger partial charge is 0.435 e. The summed E-state index contributed by atoms with van der Waals surface area (Å²) >= 11 is 0. The SMILES string of the molecule is Cc1ccc(Oc2nnc(C(F)(F)F)c(C)c2C(=O)Nc2cccc(S(C)(=O)=O)c2)c(F)c1F. The molecule has 2 aromatic carbocycles. The standard InChI is InChI=1S/C21H16F5N3O4S/c1-10-7-8-14(17(23)16(10)22)33-20-15(11(2)18(28-29-20)21(24,25)26)19(30)27-12-5-4-6-13(9-12)34(3,31)32/h4-9H,1-3H3,(H,27,30). The number of carbonyl (C=O) groups is 1. The van der Waals surface area contributed by atoms with Gasteiger partial charge in [0.15, 0.2) is 27.1 Å². The summed E-state index contributed by atoms with van der Waals surface area (Å²) in [5.41, 5.74) is -3.06. The molecule has 0 radical (unpaired) electrons. The number of halogens is 5. The number of hydrogen-bond acceptors (Lipinski definition) is 6. The first-order valence-corrected chi connectivity index (χ1v) is 11.3. The van der Waals surface area contributed by atoms with Crippen LogP contribution in [0.15, 0.2) is 41.3 Å². The van der Waals surface area contributed by atoms with Crippen molar-refractivity contribution in [3.05, 3.63) is 70.4 Å². The molecule has 0 aliphatic rings. The highest BCUT2D eigenvalue weighted by Gasteiger charge is 2.38. The summed E-state index contributed by atoms with van der Waals surface area (Å²) in [4.78, 5) is 12.8. The Morgan fingerprint density at radius 1 is 1.03 bits per heavy atom. The third-order valence-corrected chi connectivity index (χ3v) is 5.76. The molecule has 13 heteroatoms. The van der Waals surface area contributed by atoms with Crippen LogP contribution >= 0.6 is 0 Å². The molecular formula is C21H16F5N3O4S. The molecule has 0 atom stereocenters. The maximum atomic E-state index is 14.3. The van der Waals surface area contributed by atoms with Crippen LogP contribution in [-0.4, -0.2) is 30.8 Å². The Balaban J connectivity index is 2.10. The molecule has 1 N–H and O–H groups in total. The first kappa shape index (κ1) is 25.0. The number of benzene rings is 2. The van der Waals surface area contributed by atoms with Gasteiger partial charge in [0, 0.05) is 11.9 Å². The number of sulfone groups is 1. The number of rotatable bonds is 5. The molecule has 0 saturated carbocycles. The number of ether oxygens (including phenoxy) is 1. The van der Waals surface area contributed by atoms with Crippen LogP contribution in [0.4, 0.5) is 27.6 Å². The lowest BCUT2D eigenvalue weighted by Crippen LogP contribution is -2.21. The van der Waals surface area contributed by atoms with Crippen LogP contribution in [0.5, 0.6) is 11.6 Å². The Kier molecular flexibility index (Phi) is 6.60. The molecule has 0 aliphatic heterocycles. The monoisotopic (exact) mass is 501 g/mol. The minimum absolute atomic E-state index is 0.0525. The van der Waals surface area contributed by atoms with Gasteiger partial charge in [-0.1, -0.05) is 12.1 Å². The van der Waals surface area contributed by atoms with E-state index in [9.17, 15) is 35.2 Å². The first-order chi connectivity index (χ1) is 15.7. The van der Waals surface area contributed by atoms with Gasteiger partial charge in [0.05, 0.1) is 4.90 Å². The molecule has 1 aromatic heterocycles. The lowest BCUT2D eigenvalue weighted by molar-refractivity contribution is -0.142. The molecule has 180 valence electrons. The van der Waals surface area contributed by atoms with Crippen molar-refractivity contribution in [3.63, 3.8) is 0 Å². The van der Waals surface area contributed by atoms with Gasteiger partial charge in [0.25, 0.3) is 11.8 Å². The third-order valence-electron chi connectivity index (χ3n) is 4.65. The van der Waals surface area contributed by atoms with Gasteiger partial charge in [0.1, 0.15) is 5.56 Å². The van der Waals surface area contributed by atoms with E-state index < -0.39 is 62.0 Å². The lowest BCUT2D eigenvalue weighted by Gasteiger charge is -2.16. The molecule has 0 spiro atoms. The van der Waals surface area contributed by atoms with Gasteiger partial charge in [0.2, 0.25) is 5.82 Å². The number of anilines is 1. The molecule has 3 aromatic rings. The number of nitrogens with one attached hydrogen (secondary N) is 1. The van der Waals surface area contributed by atoms with Crippen LogP contribution in [0.25, 0.3) is 0 Å². The van der Waals surface area contributed by atoms with Gasteiger partial charge >= 0.3 is 6.18 Å². The van der Waals surface area contributed by atoms with Crippen molar-refractivity contribution in [1.82, 2.24) is 10.2 Å². The van der Waals surface area contributed by atoms with Crippen molar-refractivity contribution in [3.8, 4) is 11.6 Å². The van der Waals surface area contributed by atoms with E-state index in [0.717, 1.165) is 31.4 Å². The maximum absolute atomic E-state index is 14.3. The topological polar surface area (TPSA) is 98.2 Å². The highest BCUT2D eigenvalue weighted by molar-refractivity contribution is 7.90. The van der Waals surface area contributed by atoms with Crippen molar-refractivity contribution in [1.29, 1.82) is 0 Å². The number of amides is 1. The number of hydrogen-bond donors (Lipinski definition) is 1. The highest BCUT2D eigenvalue weighted by Crippen LogP contribution is 2.36. The highest BCUT2D eigenvalue weighted by atomic mass is 32.2. The van der Waals surface area contributed by atoms with Gasteiger partial charge in [-0.15, -0.1) is 10.2 Å². The fourth-order valence-electron chi connectivity index (χ4n) is 2.92. The summed E-state index contributed by atoms with van der Waals surface area (Å²) in [5, 5.41) is 8.58. The minimum atomic E-state index is -4.98. The summed E-state index contributed by atoms with van der Waals surface area (Å²) in [6, 6.07) is 7.14. The zero-order valence-corrected chi connectivity index (χ0v) is 18.6. The number of aryl methyl sites for hydroxylation is 1. The number of alkyl halides is 3. The third kappa shape index (κ3) is 5.14. The van der Waals surface area contributed by atoms with E-state index in [1.807, 2.05) is 0 Å². The number of nitrogens with zero attached hydrogens (tertiary/aromatic N) is 2. The van der Waals surface area contributed by atoms with Crippen LogP contribution in [-0.2, 0) is 16.0 Å². The molecule has 34 heavy (non-hydrogen) atoms.